The lowest BCUT2D eigenvalue weighted by Gasteiger charge is -2.00. The minimum absolute atomic E-state index is 0.0269. The lowest BCUT2D eigenvalue weighted by molar-refractivity contribution is 0.0961. The molecule has 0 spiro atoms. The van der Waals surface area contributed by atoms with Crippen molar-refractivity contribution in [3.05, 3.63) is 63.6 Å². The fourth-order valence-electron chi connectivity index (χ4n) is 1.92. The van der Waals surface area contributed by atoms with Crippen molar-refractivity contribution in [2.45, 2.75) is 6.54 Å². The summed E-state index contributed by atoms with van der Waals surface area (Å²) in [5.74, 6) is 0.310. The molecule has 0 saturated carbocycles. The lowest BCUT2D eigenvalue weighted by Crippen LogP contribution is -2.13. The molecule has 0 aliphatic heterocycles. The van der Waals surface area contributed by atoms with Crippen molar-refractivity contribution in [2.75, 3.05) is 0 Å². The van der Waals surface area contributed by atoms with Crippen molar-refractivity contribution < 1.29 is 4.79 Å². The van der Waals surface area contributed by atoms with E-state index in [4.69, 9.17) is 11.6 Å². The molecule has 1 heterocycles. The van der Waals surface area contributed by atoms with Crippen LogP contribution in [-0.2, 0) is 6.54 Å². The Balaban J connectivity index is 1.78. The van der Waals surface area contributed by atoms with Gasteiger partial charge in [0, 0.05) is 15.6 Å². The Morgan fingerprint density at radius 2 is 1.86 bits per heavy atom. The molecule has 5 nitrogen and oxygen atoms in total. The van der Waals surface area contributed by atoms with Gasteiger partial charge < -0.3 is 0 Å². The molecule has 3 rings (SSSR count). The molecule has 1 aromatic heterocycles. The summed E-state index contributed by atoms with van der Waals surface area (Å²) in [6.07, 6.45) is 0. The van der Waals surface area contributed by atoms with Gasteiger partial charge in [-0.05, 0) is 29.5 Å². The Kier molecular flexibility index (Phi) is 4.31. The zero-order valence-electron chi connectivity index (χ0n) is 11.3. The molecule has 0 amide bonds. The molecule has 22 heavy (non-hydrogen) atoms. The topological polar surface area (TPSA) is 60.7 Å². The second-order valence-corrected chi connectivity index (χ2v) is 5.88. The number of rotatable bonds is 4. The van der Waals surface area contributed by atoms with Crippen LogP contribution in [-0.4, -0.2) is 26.0 Å². The summed E-state index contributed by atoms with van der Waals surface area (Å²) >= 11 is 9.43. The number of benzene rings is 2. The maximum atomic E-state index is 12.2. The third-order valence-electron chi connectivity index (χ3n) is 3.02. The van der Waals surface area contributed by atoms with E-state index in [1.54, 1.807) is 24.3 Å². The lowest BCUT2D eigenvalue weighted by atomic mass is 10.1. The maximum absolute atomic E-state index is 12.2. The predicted molar refractivity (Wildman–Crippen MR) is 86.7 cm³/mol. The molecule has 0 aliphatic rings. The van der Waals surface area contributed by atoms with Crippen LogP contribution in [0, 0.1) is 0 Å². The first-order chi connectivity index (χ1) is 10.6. The molecule has 0 saturated heterocycles. The average molecular weight is 378 g/mol. The van der Waals surface area contributed by atoms with Gasteiger partial charge in [-0.25, -0.2) is 0 Å². The van der Waals surface area contributed by atoms with Crippen LogP contribution in [0.1, 0.15) is 10.4 Å². The average Bonchev–Trinajstić information content (AvgIpc) is 2.96. The summed E-state index contributed by atoms with van der Waals surface area (Å²) in [6.45, 7) is 0.0269. The number of Topliss-reactive ketones (excluding diaryl/α,β-unsaturated/α-hetero) is 1. The smallest absolute Gasteiger partial charge is 0.206 e. The number of tetrazole rings is 1. The molecule has 3 aromatic rings. The molecule has 0 unspecified atom stereocenters. The van der Waals surface area contributed by atoms with Gasteiger partial charge in [-0.3, -0.25) is 4.79 Å². The highest BCUT2D eigenvalue weighted by atomic mass is 79.9. The van der Waals surface area contributed by atoms with Crippen molar-refractivity contribution in [1.29, 1.82) is 0 Å². The van der Waals surface area contributed by atoms with E-state index in [9.17, 15) is 4.79 Å². The van der Waals surface area contributed by atoms with Crippen LogP contribution in [0.5, 0.6) is 0 Å². The first-order valence-electron chi connectivity index (χ1n) is 6.45. The van der Waals surface area contributed by atoms with Gasteiger partial charge in [0.05, 0.1) is 5.02 Å². The van der Waals surface area contributed by atoms with Crippen LogP contribution in [0.25, 0.3) is 11.4 Å². The molecule has 0 atom stereocenters. The number of halogens is 2. The minimum atomic E-state index is -0.0874. The number of carbonyl (C=O) groups is 1. The maximum Gasteiger partial charge on any atom is 0.206 e. The highest BCUT2D eigenvalue weighted by Crippen LogP contribution is 2.23. The zero-order chi connectivity index (χ0) is 15.5. The summed E-state index contributed by atoms with van der Waals surface area (Å²) in [5, 5.41) is 12.6. The van der Waals surface area contributed by atoms with Gasteiger partial charge in [-0.15, -0.1) is 10.2 Å². The summed E-state index contributed by atoms with van der Waals surface area (Å²) in [5.41, 5.74) is 1.28. The minimum Gasteiger partial charge on any atom is -0.292 e. The van der Waals surface area contributed by atoms with Crippen LogP contribution < -0.4 is 0 Å². The van der Waals surface area contributed by atoms with Gasteiger partial charge in [-0.2, -0.15) is 4.80 Å². The normalized spacial score (nSPS) is 10.6. The molecule has 0 N–H and O–H groups in total. The molecular weight excluding hydrogens is 368 g/mol. The molecule has 0 aliphatic carbocycles. The van der Waals surface area contributed by atoms with E-state index < -0.39 is 0 Å². The largest absolute Gasteiger partial charge is 0.292 e. The van der Waals surface area contributed by atoms with E-state index in [-0.39, 0.29) is 12.3 Å². The van der Waals surface area contributed by atoms with Crippen molar-refractivity contribution in [2.24, 2.45) is 0 Å². The molecule has 2 aromatic carbocycles. The van der Waals surface area contributed by atoms with E-state index in [2.05, 4.69) is 31.3 Å². The Hall–Kier alpha value is -2.05. The van der Waals surface area contributed by atoms with Crippen LogP contribution >= 0.6 is 27.5 Å². The van der Waals surface area contributed by atoms with Crippen molar-refractivity contribution >= 4 is 33.3 Å². The van der Waals surface area contributed by atoms with Crippen molar-refractivity contribution in [3.63, 3.8) is 0 Å². The van der Waals surface area contributed by atoms with Gasteiger partial charge in [-0.1, -0.05) is 51.8 Å². The summed E-state index contributed by atoms with van der Waals surface area (Å²) in [7, 11) is 0. The van der Waals surface area contributed by atoms with Gasteiger partial charge in [0.1, 0.15) is 6.54 Å². The van der Waals surface area contributed by atoms with Gasteiger partial charge in [0.15, 0.2) is 5.78 Å². The number of nitrogens with zero attached hydrogens (tertiary/aromatic N) is 4. The monoisotopic (exact) mass is 376 g/mol. The quantitative estimate of drug-likeness (QED) is 0.651. The number of hydrogen-bond acceptors (Lipinski definition) is 4. The molecular formula is C15H10BrClN4O. The van der Waals surface area contributed by atoms with E-state index >= 15 is 0 Å². The molecule has 110 valence electrons. The Bertz CT molecular complexity index is 816. The highest BCUT2D eigenvalue weighted by Gasteiger charge is 2.12. The number of hydrogen-bond donors (Lipinski definition) is 0. The fraction of sp³-hybridized carbons (Fsp3) is 0.0667. The number of carbonyl (C=O) groups excluding carboxylic acids is 1. The summed E-state index contributed by atoms with van der Waals surface area (Å²) in [6, 6.07) is 14.4. The van der Waals surface area contributed by atoms with Crippen molar-refractivity contribution in [1.82, 2.24) is 20.2 Å². The SMILES string of the molecule is O=C(Cn1nnc(-c2ccccc2Cl)n1)c1ccc(Br)cc1. The van der Waals surface area contributed by atoms with Crippen LogP contribution in [0.15, 0.2) is 53.0 Å². The van der Waals surface area contributed by atoms with Crippen LogP contribution in [0.2, 0.25) is 5.02 Å². The Labute approximate surface area is 140 Å². The van der Waals surface area contributed by atoms with E-state index in [1.165, 1.54) is 4.80 Å². The molecule has 0 radical (unpaired) electrons. The van der Waals surface area contributed by atoms with Gasteiger partial charge >= 0.3 is 0 Å². The second-order valence-electron chi connectivity index (χ2n) is 4.55. The third-order valence-corrected chi connectivity index (χ3v) is 3.88. The highest BCUT2D eigenvalue weighted by molar-refractivity contribution is 9.10. The van der Waals surface area contributed by atoms with E-state index in [1.807, 2.05) is 24.3 Å². The summed E-state index contributed by atoms with van der Waals surface area (Å²) < 4.78 is 0.920. The first kappa shape index (κ1) is 14.9. The predicted octanol–water partition coefficient (Wildman–Crippen LogP) is 3.64. The second kappa shape index (κ2) is 6.37. The molecule has 0 fully saturated rings. The zero-order valence-corrected chi connectivity index (χ0v) is 13.6. The Morgan fingerprint density at radius 1 is 1.14 bits per heavy atom. The summed E-state index contributed by atoms with van der Waals surface area (Å²) in [4.78, 5) is 13.4. The third kappa shape index (κ3) is 3.23. The van der Waals surface area contributed by atoms with E-state index in [0.29, 0.717) is 22.0 Å². The standard InChI is InChI=1S/C15H10BrClN4O/c16-11-7-5-10(6-8-11)14(22)9-21-19-15(18-20-21)12-3-1-2-4-13(12)17/h1-8H,9H2. The van der Waals surface area contributed by atoms with E-state index in [0.717, 1.165) is 4.47 Å². The van der Waals surface area contributed by atoms with Crippen LogP contribution in [0.3, 0.4) is 0 Å². The van der Waals surface area contributed by atoms with Crippen molar-refractivity contribution in [3.8, 4) is 11.4 Å². The van der Waals surface area contributed by atoms with Crippen LogP contribution in [0.4, 0.5) is 0 Å². The molecule has 0 bridgehead atoms. The first-order valence-corrected chi connectivity index (χ1v) is 7.62. The van der Waals surface area contributed by atoms with Gasteiger partial charge in [0.2, 0.25) is 5.82 Å². The number of aromatic nitrogens is 4. The fourth-order valence-corrected chi connectivity index (χ4v) is 2.40. The van der Waals surface area contributed by atoms with Gasteiger partial charge in [0.25, 0.3) is 0 Å². The number of ketones is 1. The Morgan fingerprint density at radius 3 is 2.59 bits per heavy atom. The molecule has 7 heteroatoms.